The Balaban J connectivity index is 2.68. The maximum Gasteiger partial charge on any atom is 0.303 e. The fraction of sp³-hybridized carbons (Fsp3) is 0.462. The molecule has 0 aliphatic rings. The highest BCUT2D eigenvalue weighted by Gasteiger charge is 2.14. The Kier molecular flexibility index (Phi) is 5.78. The van der Waals surface area contributed by atoms with Gasteiger partial charge in [-0.25, -0.2) is 4.98 Å². The van der Waals surface area contributed by atoms with E-state index in [1.807, 2.05) is 12.1 Å². The van der Waals surface area contributed by atoms with Crippen LogP contribution in [0.4, 0.5) is 0 Å². The van der Waals surface area contributed by atoms with Crippen LogP contribution in [0.15, 0.2) is 18.2 Å². The summed E-state index contributed by atoms with van der Waals surface area (Å²) in [5, 5.41) is 11.4. The summed E-state index contributed by atoms with van der Waals surface area (Å²) < 4.78 is 5.02. The number of nitrogens with zero attached hydrogens (tertiary/aromatic N) is 1. The highest BCUT2D eigenvalue weighted by atomic mass is 16.5. The second-order valence-electron chi connectivity index (χ2n) is 4.21. The number of carbonyl (C=O) groups excluding carboxylic acids is 1. The van der Waals surface area contributed by atoms with E-state index < -0.39 is 5.97 Å². The van der Waals surface area contributed by atoms with Crippen LogP contribution in [0.2, 0.25) is 0 Å². The lowest BCUT2D eigenvalue weighted by molar-refractivity contribution is -0.137. The minimum Gasteiger partial charge on any atom is -0.481 e. The molecule has 1 amide bonds. The van der Waals surface area contributed by atoms with Gasteiger partial charge in [-0.3, -0.25) is 9.59 Å². The number of rotatable bonds is 7. The van der Waals surface area contributed by atoms with Crippen molar-refractivity contribution in [2.24, 2.45) is 0 Å². The summed E-state index contributed by atoms with van der Waals surface area (Å²) in [6.07, 6.45) is 0.854. The first-order valence-corrected chi connectivity index (χ1v) is 6.00. The van der Waals surface area contributed by atoms with Gasteiger partial charge in [0.1, 0.15) is 0 Å². The summed E-state index contributed by atoms with van der Waals surface area (Å²) in [6, 6.07) is 5.11. The summed E-state index contributed by atoms with van der Waals surface area (Å²) >= 11 is 0. The molecule has 1 aromatic heterocycles. The van der Waals surface area contributed by atoms with Crippen molar-refractivity contribution in [1.29, 1.82) is 0 Å². The van der Waals surface area contributed by atoms with Crippen molar-refractivity contribution >= 4 is 11.9 Å². The number of methoxy groups -OCH3 is 1. The molecule has 6 heteroatoms. The summed E-state index contributed by atoms with van der Waals surface area (Å²) in [6.45, 7) is 1.41. The molecule has 6 nitrogen and oxygen atoms in total. The standard InChI is InChI=1S/C13H18N2O4/c1-9(16)14-11(6-7-13(17)18)8-10-4-3-5-12(15-10)19-2/h3-5,11H,6-8H2,1-2H3,(H,14,16)(H,17,18). The van der Waals surface area contributed by atoms with E-state index in [0.717, 1.165) is 5.69 Å². The number of ether oxygens (including phenoxy) is 1. The summed E-state index contributed by atoms with van der Waals surface area (Å²) in [5.74, 6) is -0.565. The lowest BCUT2D eigenvalue weighted by Crippen LogP contribution is -2.35. The Morgan fingerprint density at radius 3 is 2.79 bits per heavy atom. The quantitative estimate of drug-likeness (QED) is 0.768. The third kappa shape index (κ3) is 5.85. The summed E-state index contributed by atoms with van der Waals surface area (Å²) in [7, 11) is 1.53. The number of aromatic nitrogens is 1. The Labute approximate surface area is 111 Å². The topological polar surface area (TPSA) is 88.5 Å². The molecule has 1 unspecified atom stereocenters. The number of aliphatic carboxylic acids is 1. The monoisotopic (exact) mass is 266 g/mol. The normalized spacial score (nSPS) is 11.7. The van der Waals surface area contributed by atoms with Crippen molar-refractivity contribution in [1.82, 2.24) is 10.3 Å². The minimum absolute atomic E-state index is 0.00884. The highest BCUT2D eigenvalue weighted by molar-refractivity contribution is 5.73. The van der Waals surface area contributed by atoms with Gasteiger partial charge in [0.25, 0.3) is 0 Å². The van der Waals surface area contributed by atoms with Gasteiger partial charge in [0.05, 0.1) is 7.11 Å². The van der Waals surface area contributed by atoms with Crippen molar-refractivity contribution < 1.29 is 19.4 Å². The van der Waals surface area contributed by atoms with E-state index in [9.17, 15) is 9.59 Å². The number of pyridine rings is 1. The molecule has 104 valence electrons. The fourth-order valence-electron chi connectivity index (χ4n) is 1.75. The maximum absolute atomic E-state index is 11.1. The molecule has 0 spiro atoms. The van der Waals surface area contributed by atoms with E-state index in [2.05, 4.69) is 10.3 Å². The molecule has 2 N–H and O–H groups in total. The molecule has 0 fully saturated rings. The van der Waals surface area contributed by atoms with Gasteiger partial charge in [0.2, 0.25) is 11.8 Å². The van der Waals surface area contributed by atoms with Gasteiger partial charge in [-0.05, 0) is 12.5 Å². The Bertz CT molecular complexity index is 448. The SMILES string of the molecule is COc1cccc(CC(CCC(=O)O)NC(C)=O)n1. The molecule has 1 heterocycles. The van der Waals surface area contributed by atoms with E-state index in [1.54, 1.807) is 6.07 Å². The zero-order valence-corrected chi connectivity index (χ0v) is 11.0. The van der Waals surface area contributed by atoms with Gasteiger partial charge in [-0.2, -0.15) is 0 Å². The van der Waals surface area contributed by atoms with E-state index >= 15 is 0 Å². The molecule has 0 saturated carbocycles. The molecular weight excluding hydrogens is 248 g/mol. The van der Waals surface area contributed by atoms with Crippen molar-refractivity contribution in [2.75, 3.05) is 7.11 Å². The van der Waals surface area contributed by atoms with Gasteiger partial charge in [0, 0.05) is 37.6 Å². The lowest BCUT2D eigenvalue weighted by Gasteiger charge is -2.16. The van der Waals surface area contributed by atoms with E-state index in [-0.39, 0.29) is 18.4 Å². The van der Waals surface area contributed by atoms with Crippen LogP contribution >= 0.6 is 0 Å². The van der Waals surface area contributed by atoms with Gasteiger partial charge in [-0.15, -0.1) is 0 Å². The smallest absolute Gasteiger partial charge is 0.303 e. The molecule has 1 aromatic rings. The van der Waals surface area contributed by atoms with Crippen LogP contribution in [0, 0.1) is 0 Å². The molecule has 0 aliphatic carbocycles. The second kappa shape index (κ2) is 7.35. The number of carbonyl (C=O) groups is 2. The van der Waals surface area contributed by atoms with Crippen LogP contribution in [0.3, 0.4) is 0 Å². The minimum atomic E-state index is -0.881. The van der Waals surface area contributed by atoms with Crippen molar-refractivity contribution in [2.45, 2.75) is 32.2 Å². The van der Waals surface area contributed by atoms with Crippen LogP contribution in [0.1, 0.15) is 25.5 Å². The molecule has 1 atom stereocenters. The Hall–Kier alpha value is -2.11. The van der Waals surface area contributed by atoms with Crippen LogP contribution in [-0.4, -0.2) is 35.1 Å². The number of amides is 1. The molecule has 1 rings (SSSR count). The van der Waals surface area contributed by atoms with Crippen molar-refractivity contribution in [3.05, 3.63) is 23.9 Å². The first-order chi connectivity index (χ1) is 9.01. The van der Waals surface area contributed by atoms with Crippen LogP contribution < -0.4 is 10.1 Å². The van der Waals surface area contributed by atoms with Crippen molar-refractivity contribution in [3.8, 4) is 5.88 Å². The molecule has 19 heavy (non-hydrogen) atoms. The number of hydrogen-bond acceptors (Lipinski definition) is 4. The Morgan fingerprint density at radius 2 is 2.21 bits per heavy atom. The highest BCUT2D eigenvalue weighted by Crippen LogP contribution is 2.10. The van der Waals surface area contributed by atoms with Gasteiger partial charge < -0.3 is 15.2 Å². The maximum atomic E-state index is 11.1. The van der Waals surface area contributed by atoms with Gasteiger partial charge in [-0.1, -0.05) is 6.07 Å². The number of carboxylic acid groups (broad SMARTS) is 1. The van der Waals surface area contributed by atoms with Gasteiger partial charge in [0.15, 0.2) is 0 Å². The Morgan fingerprint density at radius 1 is 1.47 bits per heavy atom. The lowest BCUT2D eigenvalue weighted by atomic mass is 10.1. The van der Waals surface area contributed by atoms with Crippen LogP contribution in [0.25, 0.3) is 0 Å². The predicted octanol–water partition coefficient (Wildman–Crippen LogP) is 1.00. The third-order valence-electron chi connectivity index (χ3n) is 2.56. The third-order valence-corrected chi connectivity index (χ3v) is 2.56. The first-order valence-electron chi connectivity index (χ1n) is 6.00. The molecule has 0 aliphatic heterocycles. The summed E-state index contributed by atoms with van der Waals surface area (Å²) in [5.41, 5.74) is 0.753. The van der Waals surface area contributed by atoms with E-state index in [1.165, 1.54) is 14.0 Å². The molecule has 0 bridgehead atoms. The zero-order chi connectivity index (χ0) is 14.3. The van der Waals surface area contributed by atoms with E-state index in [0.29, 0.717) is 18.7 Å². The molecule has 0 aromatic carbocycles. The first kappa shape index (κ1) is 14.9. The average Bonchev–Trinajstić information content (AvgIpc) is 2.35. The number of hydrogen-bond donors (Lipinski definition) is 2. The molecule has 0 radical (unpaired) electrons. The average molecular weight is 266 g/mol. The van der Waals surface area contributed by atoms with Crippen LogP contribution in [0.5, 0.6) is 5.88 Å². The molecule has 0 saturated heterocycles. The second-order valence-corrected chi connectivity index (χ2v) is 4.21. The van der Waals surface area contributed by atoms with Crippen molar-refractivity contribution in [3.63, 3.8) is 0 Å². The largest absolute Gasteiger partial charge is 0.481 e. The zero-order valence-electron chi connectivity index (χ0n) is 11.0. The molecular formula is C13H18N2O4. The number of nitrogens with one attached hydrogen (secondary N) is 1. The van der Waals surface area contributed by atoms with E-state index in [4.69, 9.17) is 9.84 Å². The fourth-order valence-corrected chi connectivity index (χ4v) is 1.75. The number of carboxylic acids is 1. The van der Waals surface area contributed by atoms with Gasteiger partial charge >= 0.3 is 5.97 Å². The predicted molar refractivity (Wildman–Crippen MR) is 69.0 cm³/mol. The summed E-state index contributed by atoms with van der Waals surface area (Å²) in [4.78, 5) is 25.9. The van der Waals surface area contributed by atoms with Crippen LogP contribution in [-0.2, 0) is 16.0 Å².